The van der Waals surface area contributed by atoms with Crippen LogP contribution in [-0.2, 0) is 18.4 Å². The number of aromatic nitrogens is 2. The van der Waals surface area contributed by atoms with Crippen LogP contribution in [0, 0.1) is 19.7 Å². The molecule has 0 saturated heterocycles. The summed E-state index contributed by atoms with van der Waals surface area (Å²) in [6.07, 6.45) is 0. The number of carbonyl (C=O) groups is 1. The molecule has 0 fully saturated rings. The van der Waals surface area contributed by atoms with Gasteiger partial charge >= 0.3 is 0 Å². The van der Waals surface area contributed by atoms with Crippen molar-refractivity contribution in [2.24, 2.45) is 12.0 Å². The Hall–Kier alpha value is -2.17. The van der Waals surface area contributed by atoms with Crippen molar-refractivity contribution < 1.29 is 9.18 Å². The van der Waals surface area contributed by atoms with E-state index in [2.05, 4.69) is 26.0 Å². The monoisotopic (exact) mass is 474 g/mol. The first-order valence-electron chi connectivity index (χ1n) is 7.89. The number of guanidine groups is 1. The Kier molecular flexibility index (Phi) is 8.49. The fourth-order valence-corrected chi connectivity index (χ4v) is 2.37. The van der Waals surface area contributed by atoms with Crippen LogP contribution in [0.2, 0.25) is 0 Å². The smallest absolute Gasteiger partial charge is 0.243 e. The Labute approximate surface area is 169 Å². The van der Waals surface area contributed by atoms with E-state index in [1.165, 1.54) is 24.3 Å². The summed E-state index contributed by atoms with van der Waals surface area (Å²) in [4.78, 5) is 16.0. The number of rotatable bonds is 5. The van der Waals surface area contributed by atoms with E-state index in [1.807, 2.05) is 25.6 Å². The second-order valence-corrected chi connectivity index (χ2v) is 5.61. The van der Waals surface area contributed by atoms with Gasteiger partial charge in [0.2, 0.25) is 5.91 Å². The average molecular weight is 474 g/mol. The van der Waals surface area contributed by atoms with E-state index in [-0.39, 0.29) is 42.2 Å². The molecular formula is C17H24FIN6O. The highest BCUT2D eigenvalue weighted by Gasteiger charge is 2.10. The third-order valence-electron chi connectivity index (χ3n) is 3.86. The van der Waals surface area contributed by atoms with Crippen molar-refractivity contribution in [2.75, 3.05) is 18.9 Å². The van der Waals surface area contributed by atoms with E-state index in [9.17, 15) is 9.18 Å². The lowest BCUT2D eigenvalue weighted by Gasteiger charge is -2.12. The van der Waals surface area contributed by atoms with Gasteiger partial charge in [-0.05, 0) is 38.1 Å². The van der Waals surface area contributed by atoms with Crippen molar-refractivity contribution in [1.29, 1.82) is 0 Å². The number of nitrogens with zero attached hydrogens (tertiary/aromatic N) is 3. The van der Waals surface area contributed by atoms with Gasteiger partial charge in [-0.25, -0.2) is 4.39 Å². The molecule has 0 aliphatic carbocycles. The van der Waals surface area contributed by atoms with Crippen LogP contribution in [-0.4, -0.2) is 35.2 Å². The van der Waals surface area contributed by atoms with E-state index < -0.39 is 0 Å². The normalized spacial score (nSPS) is 10.9. The Balaban J connectivity index is 0.00000338. The number of anilines is 1. The molecule has 2 aromatic rings. The van der Waals surface area contributed by atoms with Crippen molar-refractivity contribution in [2.45, 2.75) is 20.4 Å². The molecule has 0 saturated carbocycles. The summed E-state index contributed by atoms with van der Waals surface area (Å²) < 4.78 is 14.7. The molecule has 2 rings (SSSR count). The molecule has 142 valence electrons. The SMILES string of the molecule is CN=C(NCC(=O)Nc1ccc(F)cc1)NCc1c(C)nn(C)c1C.I. The number of benzene rings is 1. The first-order valence-corrected chi connectivity index (χ1v) is 7.89. The summed E-state index contributed by atoms with van der Waals surface area (Å²) in [5.41, 5.74) is 3.67. The van der Waals surface area contributed by atoms with Crippen molar-refractivity contribution in [3.8, 4) is 0 Å². The summed E-state index contributed by atoms with van der Waals surface area (Å²) in [5, 5.41) is 13.2. The quantitative estimate of drug-likeness (QED) is 0.352. The maximum Gasteiger partial charge on any atom is 0.243 e. The van der Waals surface area contributed by atoms with Gasteiger partial charge < -0.3 is 16.0 Å². The summed E-state index contributed by atoms with van der Waals surface area (Å²) in [6, 6.07) is 5.60. The van der Waals surface area contributed by atoms with Gasteiger partial charge in [0.25, 0.3) is 0 Å². The van der Waals surface area contributed by atoms with Crippen molar-refractivity contribution >= 4 is 41.5 Å². The zero-order valence-corrected chi connectivity index (χ0v) is 17.6. The van der Waals surface area contributed by atoms with E-state index in [0.29, 0.717) is 18.2 Å². The highest BCUT2D eigenvalue weighted by Crippen LogP contribution is 2.11. The van der Waals surface area contributed by atoms with Crippen LogP contribution in [0.1, 0.15) is 17.0 Å². The number of amides is 1. The molecule has 9 heteroatoms. The predicted molar refractivity (Wildman–Crippen MR) is 111 cm³/mol. The Morgan fingerprint density at radius 3 is 2.42 bits per heavy atom. The second-order valence-electron chi connectivity index (χ2n) is 5.61. The zero-order valence-electron chi connectivity index (χ0n) is 15.3. The molecule has 7 nitrogen and oxygen atoms in total. The number of halogens is 2. The van der Waals surface area contributed by atoms with Crippen molar-refractivity contribution in [3.63, 3.8) is 0 Å². The van der Waals surface area contributed by atoms with E-state index in [1.54, 1.807) is 7.05 Å². The van der Waals surface area contributed by atoms with Gasteiger partial charge in [-0.3, -0.25) is 14.5 Å². The maximum absolute atomic E-state index is 12.9. The van der Waals surface area contributed by atoms with Crippen LogP contribution in [0.4, 0.5) is 10.1 Å². The molecule has 0 aliphatic heterocycles. The van der Waals surface area contributed by atoms with Gasteiger partial charge in [-0.1, -0.05) is 0 Å². The topological polar surface area (TPSA) is 83.3 Å². The molecule has 0 bridgehead atoms. The molecule has 1 aromatic heterocycles. The Bertz CT molecular complexity index is 772. The lowest BCUT2D eigenvalue weighted by molar-refractivity contribution is -0.115. The van der Waals surface area contributed by atoms with Gasteiger partial charge in [-0.2, -0.15) is 5.10 Å². The van der Waals surface area contributed by atoms with Gasteiger partial charge in [0.05, 0.1) is 12.2 Å². The molecule has 0 aliphatic rings. The molecule has 0 atom stereocenters. The maximum atomic E-state index is 12.9. The van der Waals surface area contributed by atoms with Crippen LogP contribution in [0.5, 0.6) is 0 Å². The van der Waals surface area contributed by atoms with Gasteiger partial charge in [0.1, 0.15) is 5.82 Å². The van der Waals surface area contributed by atoms with Gasteiger partial charge in [0.15, 0.2) is 5.96 Å². The van der Waals surface area contributed by atoms with E-state index >= 15 is 0 Å². The molecule has 3 N–H and O–H groups in total. The van der Waals surface area contributed by atoms with Gasteiger partial charge in [0, 0.05) is 37.6 Å². The fourth-order valence-electron chi connectivity index (χ4n) is 2.37. The molecule has 1 aromatic carbocycles. The number of aryl methyl sites for hydroxylation is 2. The van der Waals surface area contributed by atoms with Crippen LogP contribution < -0.4 is 16.0 Å². The van der Waals surface area contributed by atoms with Crippen LogP contribution in [0.3, 0.4) is 0 Å². The summed E-state index contributed by atoms with van der Waals surface area (Å²) >= 11 is 0. The van der Waals surface area contributed by atoms with Crippen molar-refractivity contribution in [3.05, 3.63) is 47.0 Å². The van der Waals surface area contributed by atoms with Crippen LogP contribution in [0.25, 0.3) is 0 Å². The van der Waals surface area contributed by atoms with Crippen LogP contribution >= 0.6 is 24.0 Å². The minimum atomic E-state index is -0.346. The molecule has 1 amide bonds. The average Bonchev–Trinajstić information content (AvgIpc) is 2.82. The first-order chi connectivity index (χ1) is 11.9. The predicted octanol–water partition coefficient (Wildman–Crippen LogP) is 2.10. The number of aliphatic imine (C=N–C) groups is 1. The highest BCUT2D eigenvalue weighted by atomic mass is 127. The van der Waals surface area contributed by atoms with Crippen LogP contribution in [0.15, 0.2) is 29.3 Å². The molecular weight excluding hydrogens is 450 g/mol. The van der Waals surface area contributed by atoms with E-state index in [0.717, 1.165) is 17.0 Å². The number of carbonyl (C=O) groups excluding carboxylic acids is 1. The lowest BCUT2D eigenvalue weighted by Crippen LogP contribution is -2.41. The third-order valence-corrected chi connectivity index (χ3v) is 3.86. The number of nitrogens with one attached hydrogen (secondary N) is 3. The molecule has 26 heavy (non-hydrogen) atoms. The number of hydrogen-bond donors (Lipinski definition) is 3. The first kappa shape index (κ1) is 21.9. The summed E-state index contributed by atoms with van der Waals surface area (Å²) in [7, 11) is 3.54. The molecule has 0 spiro atoms. The molecule has 1 heterocycles. The summed E-state index contributed by atoms with van der Waals surface area (Å²) in [6.45, 7) is 4.56. The standard InChI is InChI=1S/C17H23FN6O.HI/c1-11-15(12(2)24(4)23-11)9-20-17(19-3)21-10-16(25)22-14-7-5-13(18)6-8-14;/h5-8H,9-10H2,1-4H3,(H,22,25)(H2,19,20,21);1H. The fraction of sp³-hybridized carbons (Fsp3) is 0.353. The third kappa shape index (κ3) is 5.97. The minimum absolute atomic E-state index is 0. The van der Waals surface area contributed by atoms with Gasteiger partial charge in [-0.15, -0.1) is 24.0 Å². The molecule has 0 unspecified atom stereocenters. The largest absolute Gasteiger partial charge is 0.352 e. The molecule has 0 radical (unpaired) electrons. The highest BCUT2D eigenvalue weighted by molar-refractivity contribution is 14.0. The lowest BCUT2D eigenvalue weighted by atomic mass is 10.2. The second kappa shape index (κ2) is 10.1. The minimum Gasteiger partial charge on any atom is -0.352 e. The number of hydrogen-bond acceptors (Lipinski definition) is 3. The Morgan fingerprint density at radius 1 is 1.23 bits per heavy atom. The van der Waals surface area contributed by atoms with E-state index in [4.69, 9.17) is 0 Å². The van der Waals surface area contributed by atoms with Crippen molar-refractivity contribution in [1.82, 2.24) is 20.4 Å². The summed E-state index contributed by atoms with van der Waals surface area (Å²) in [5.74, 6) is -0.0816. The Morgan fingerprint density at radius 2 is 1.88 bits per heavy atom. The zero-order chi connectivity index (χ0) is 18.4.